The van der Waals surface area contributed by atoms with E-state index in [-0.39, 0.29) is 22.4 Å². The number of aryl methyl sites for hydroxylation is 1. The highest BCUT2D eigenvalue weighted by atomic mass is 15.5. The molecule has 0 saturated carbocycles. The van der Waals surface area contributed by atoms with Crippen molar-refractivity contribution >= 4 is 23.1 Å². The number of hydrogen-bond acceptors (Lipinski definition) is 7. The summed E-state index contributed by atoms with van der Waals surface area (Å²) >= 11 is 0. The highest BCUT2D eigenvalue weighted by Crippen LogP contribution is 2.33. The number of fused-ring (bicyclic) bond motifs is 3. The molecule has 0 fully saturated rings. The van der Waals surface area contributed by atoms with Gasteiger partial charge in [-0.15, -0.1) is 10.2 Å². The van der Waals surface area contributed by atoms with Crippen LogP contribution in [0.25, 0.3) is 11.2 Å². The van der Waals surface area contributed by atoms with Crippen molar-refractivity contribution in [2.45, 2.75) is 86.2 Å². The van der Waals surface area contributed by atoms with Crippen LogP contribution in [0.15, 0.2) is 65.5 Å². The van der Waals surface area contributed by atoms with Crippen LogP contribution in [0, 0.1) is 18.3 Å². The molecule has 0 saturated heterocycles. The zero-order valence-corrected chi connectivity index (χ0v) is 26.5. The Morgan fingerprint density at radius 3 is 2.29 bits per heavy atom. The maximum atomic E-state index is 4.59. The van der Waals surface area contributed by atoms with E-state index in [4.69, 9.17) is 0 Å². The molecule has 0 N–H and O–H groups in total. The quantitative estimate of drug-likeness (QED) is 0.255. The Kier molecular flexibility index (Phi) is 8.21. The number of aliphatic imine (C=N–C) groups is 1. The molecular formula is C32H45N9. The number of imidazole rings is 1. The highest BCUT2D eigenvalue weighted by Gasteiger charge is 2.39. The summed E-state index contributed by atoms with van der Waals surface area (Å²) in [6, 6.07) is 4.18. The lowest BCUT2D eigenvalue weighted by Crippen LogP contribution is -2.33. The summed E-state index contributed by atoms with van der Waals surface area (Å²) in [5, 5.41) is 14.4. The maximum Gasteiger partial charge on any atom is 0.160 e. The van der Waals surface area contributed by atoms with Crippen LogP contribution in [-0.4, -0.2) is 59.1 Å². The first-order chi connectivity index (χ1) is 19.1. The van der Waals surface area contributed by atoms with Crippen molar-refractivity contribution in [3.05, 3.63) is 72.5 Å². The van der Waals surface area contributed by atoms with E-state index in [1.807, 2.05) is 54.3 Å². The second-order valence-corrected chi connectivity index (χ2v) is 13.8. The molecule has 2 unspecified atom stereocenters. The number of aromatic nitrogens is 6. The molecule has 41 heavy (non-hydrogen) atoms. The monoisotopic (exact) mass is 555 g/mol. The van der Waals surface area contributed by atoms with Gasteiger partial charge in [0.05, 0.1) is 29.0 Å². The minimum absolute atomic E-state index is 0.0720. The molecule has 0 aromatic carbocycles. The predicted molar refractivity (Wildman–Crippen MR) is 168 cm³/mol. The largest absolute Gasteiger partial charge is 0.301 e. The third-order valence-corrected chi connectivity index (χ3v) is 7.20. The highest BCUT2D eigenvalue weighted by molar-refractivity contribution is 5.95. The molecule has 0 bridgehead atoms. The van der Waals surface area contributed by atoms with Crippen molar-refractivity contribution in [2.75, 3.05) is 7.05 Å². The van der Waals surface area contributed by atoms with E-state index in [1.165, 1.54) is 11.3 Å². The molecule has 9 heteroatoms. The van der Waals surface area contributed by atoms with Crippen LogP contribution in [0.4, 0.5) is 0 Å². The zero-order chi connectivity index (χ0) is 30.2. The van der Waals surface area contributed by atoms with Gasteiger partial charge in [0.25, 0.3) is 0 Å². The predicted octanol–water partition coefficient (Wildman–Crippen LogP) is 6.28. The van der Waals surface area contributed by atoms with Gasteiger partial charge in [-0.05, 0) is 36.1 Å². The number of dihydropyridines is 1. The minimum atomic E-state index is 0.0720. The van der Waals surface area contributed by atoms with Gasteiger partial charge in [-0.3, -0.25) is 19.4 Å². The molecule has 9 nitrogen and oxygen atoms in total. The lowest BCUT2D eigenvalue weighted by molar-refractivity contribution is 0.270. The van der Waals surface area contributed by atoms with Gasteiger partial charge in [0, 0.05) is 42.7 Å². The summed E-state index contributed by atoms with van der Waals surface area (Å²) < 4.78 is 3.99. The van der Waals surface area contributed by atoms with Crippen molar-refractivity contribution in [3.63, 3.8) is 0 Å². The summed E-state index contributed by atoms with van der Waals surface area (Å²) in [6.07, 6.45) is 15.6. The number of allylic oxidation sites excluding steroid dienone is 1. The van der Waals surface area contributed by atoms with E-state index in [9.17, 15) is 0 Å². The molecule has 218 valence electrons. The number of hydrazone groups is 1. The fourth-order valence-electron chi connectivity index (χ4n) is 4.93. The van der Waals surface area contributed by atoms with Gasteiger partial charge in [-0.2, -0.15) is 5.10 Å². The molecule has 0 radical (unpaired) electrons. The van der Waals surface area contributed by atoms with E-state index >= 15 is 0 Å². The molecule has 0 aliphatic carbocycles. The smallest absolute Gasteiger partial charge is 0.160 e. The Labute approximate surface area is 244 Å². The van der Waals surface area contributed by atoms with Gasteiger partial charge in [0.2, 0.25) is 0 Å². The van der Waals surface area contributed by atoms with Gasteiger partial charge in [0.1, 0.15) is 18.3 Å². The summed E-state index contributed by atoms with van der Waals surface area (Å²) in [5.41, 5.74) is 6.03. The molecule has 6 heterocycles. The Morgan fingerprint density at radius 2 is 1.63 bits per heavy atom. The van der Waals surface area contributed by atoms with Gasteiger partial charge in [-0.25, -0.2) is 4.98 Å². The Bertz CT molecular complexity index is 1580. The zero-order valence-electron chi connectivity index (χ0n) is 26.5. The summed E-state index contributed by atoms with van der Waals surface area (Å²) in [7, 11) is 1.99. The summed E-state index contributed by atoms with van der Waals surface area (Å²) in [4.78, 5) is 13.2. The standard InChI is InChI=1S/C11H15N3.C11H17N3.C10H13N3/c1-8-13-10(11(2,3)4)9-7-12-5-6-14(8)9;1-11(2,3)9-8-6-5-7-12-10(8)14(4)13-9;1-10(2,3)8-4-5-13-7-11-12-9(13)6-8/h5-7H,1-4H3;5-8,10H,1-4H3;4-7H,1-3H3. The molecular weight excluding hydrogens is 510 g/mol. The number of pyridine rings is 1. The Hall–Kier alpha value is -3.88. The third kappa shape index (κ3) is 6.72. The first kappa shape index (κ1) is 30.1. The molecule has 4 aromatic rings. The normalized spacial score (nSPS) is 18.5. The fourth-order valence-corrected chi connectivity index (χ4v) is 4.93. The van der Waals surface area contributed by atoms with Crippen LogP contribution < -0.4 is 0 Å². The number of hydrogen-bond donors (Lipinski definition) is 0. The lowest BCUT2D eigenvalue weighted by atomic mass is 9.81. The fraction of sp³-hybridized carbons (Fsp3) is 0.500. The number of nitrogens with zero attached hydrogens (tertiary/aromatic N) is 9. The molecule has 2 aliphatic heterocycles. The first-order valence-electron chi connectivity index (χ1n) is 14.2. The maximum absolute atomic E-state index is 4.59. The number of rotatable bonds is 0. The van der Waals surface area contributed by atoms with Crippen LogP contribution in [0.1, 0.15) is 79.4 Å². The van der Waals surface area contributed by atoms with Crippen LogP contribution in [0.2, 0.25) is 0 Å². The molecule has 2 aliphatic rings. The molecule has 0 spiro atoms. The lowest BCUT2D eigenvalue weighted by Gasteiger charge is -2.25. The van der Waals surface area contributed by atoms with Crippen molar-refractivity contribution in [3.8, 4) is 0 Å². The van der Waals surface area contributed by atoms with Gasteiger partial charge < -0.3 is 4.40 Å². The average Bonchev–Trinajstić information content (AvgIpc) is 3.60. The topological polar surface area (TPSA) is 88.3 Å². The third-order valence-electron chi connectivity index (χ3n) is 7.20. The summed E-state index contributed by atoms with van der Waals surface area (Å²) in [6.45, 7) is 21.7. The second-order valence-electron chi connectivity index (χ2n) is 13.8. The Morgan fingerprint density at radius 1 is 0.902 bits per heavy atom. The van der Waals surface area contributed by atoms with E-state index in [0.717, 1.165) is 22.7 Å². The van der Waals surface area contributed by atoms with Crippen molar-refractivity contribution in [1.29, 1.82) is 0 Å². The van der Waals surface area contributed by atoms with E-state index < -0.39 is 0 Å². The van der Waals surface area contributed by atoms with Crippen molar-refractivity contribution in [1.82, 2.24) is 34.0 Å². The second kappa shape index (κ2) is 11.2. The first-order valence-corrected chi connectivity index (χ1v) is 14.2. The molecule has 0 amide bonds. The van der Waals surface area contributed by atoms with Crippen LogP contribution >= 0.6 is 0 Å². The van der Waals surface area contributed by atoms with E-state index in [1.54, 1.807) is 12.5 Å². The van der Waals surface area contributed by atoms with Crippen LogP contribution in [0.5, 0.6) is 0 Å². The van der Waals surface area contributed by atoms with Crippen molar-refractivity contribution in [2.24, 2.45) is 21.4 Å². The van der Waals surface area contributed by atoms with E-state index in [0.29, 0.717) is 5.92 Å². The molecule has 2 atom stereocenters. The van der Waals surface area contributed by atoms with Crippen LogP contribution in [0.3, 0.4) is 0 Å². The minimum Gasteiger partial charge on any atom is -0.301 e. The SMILES string of the molecule is CC(C)(C)c1ccn2cnnc2c1.CN1N=C(C(C)(C)C)C2C=CC=NC21.Cc1nc(C(C)(C)C)c2cnccn12. The van der Waals surface area contributed by atoms with E-state index in [2.05, 4.69) is 115 Å². The van der Waals surface area contributed by atoms with Gasteiger partial charge in [-0.1, -0.05) is 68.4 Å². The van der Waals surface area contributed by atoms with Gasteiger partial charge >= 0.3 is 0 Å². The average molecular weight is 556 g/mol. The summed E-state index contributed by atoms with van der Waals surface area (Å²) in [5.74, 6) is 1.39. The molecule has 6 rings (SSSR count). The molecule has 4 aromatic heterocycles. The van der Waals surface area contributed by atoms with Crippen LogP contribution in [-0.2, 0) is 10.8 Å². The van der Waals surface area contributed by atoms with Gasteiger partial charge in [0.15, 0.2) is 5.65 Å². The van der Waals surface area contributed by atoms with Crippen molar-refractivity contribution < 1.29 is 0 Å². The Balaban J connectivity index is 0.000000142.